The van der Waals surface area contributed by atoms with E-state index >= 15 is 0 Å². The summed E-state index contributed by atoms with van der Waals surface area (Å²) in [6.45, 7) is 3.73. The van der Waals surface area contributed by atoms with E-state index in [9.17, 15) is 0 Å². The highest BCUT2D eigenvalue weighted by Gasteiger charge is 1.95. The van der Waals surface area contributed by atoms with Crippen molar-refractivity contribution in [2.75, 3.05) is 34.2 Å². The van der Waals surface area contributed by atoms with E-state index in [0.29, 0.717) is 5.90 Å². The molecule has 0 fully saturated rings. The van der Waals surface area contributed by atoms with E-state index in [2.05, 4.69) is 39.8 Å². The third kappa shape index (κ3) is 6.64. The maximum Gasteiger partial charge on any atom is 0.206 e. The van der Waals surface area contributed by atoms with Gasteiger partial charge in [0.1, 0.15) is 5.52 Å². The smallest absolute Gasteiger partial charge is 0.206 e. The summed E-state index contributed by atoms with van der Waals surface area (Å²) >= 11 is 0. The highest BCUT2D eigenvalue weighted by molar-refractivity contribution is 5.73. The van der Waals surface area contributed by atoms with E-state index in [0.717, 1.165) is 30.5 Å². The van der Waals surface area contributed by atoms with Gasteiger partial charge in [-0.3, -0.25) is 4.99 Å². The van der Waals surface area contributed by atoms with Crippen LogP contribution in [0.2, 0.25) is 0 Å². The zero-order chi connectivity index (χ0) is 16.4. The Morgan fingerprint density at radius 3 is 2.73 bits per heavy atom. The second-order valence-electron chi connectivity index (χ2n) is 5.07. The maximum absolute atomic E-state index is 4.94. The highest BCUT2D eigenvalue weighted by Crippen LogP contribution is 2.06. The minimum atomic E-state index is 0.691. The van der Waals surface area contributed by atoms with Crippen molar-refractivity contribution in [1.29, 1.82) is 0 Å². The molecule has 7 nitrogen and oxygen atoms in total. The normalized spacial score (nSPS) is 11.5. The van der Waals surface area contributed by atoms with Crippen LogP contribution in [0.4, 0.5) is 0 Å². The first-order valence-electron chi connectivity index (χ1n) is 7.28. The third-order valence-electron chi connectivity index (χ3n) is 2.86. The fourth-order valence-electron chi connectivity index (χ4n) is 1.79. The Kier molecular flexibility index (Phi) is 8.09. The van der Waals surface area contributed by atoms with Crippen molar-refractivity contribution in [1.82, 2.24) is 25.4 Å². The van der Waals surface area contributed by atoms with Gasteiger partial charge in [0.2, 0.25) is 5.90 Å². The van der Waals surface area contributed by atoms with Crippen LogP contribution in [0, 0.1) is 0 Å². The Morgan fingerprint density at radius 2 is 2.09 bits per heavy atom. The Balaban J connectivity index is 0.000000222. The quantitative estimate of drug-likeness (QED) is 0.392. The summed E-state index contributed by atoms with van der Waals surface area (Å²) in [6, 6.07) is 7.88. The summed E-state index contributed by atoms with van der Waals surface area (Å²) in [6.07, 6.45) is 1.07. The second kappa shape index (κ2) is 9.86. The number of aromatic nitrogens is 3. The molecule has 2 aromatic rings. The van der Waals surface area contributed by atoms with Crippen molar-refractivity contribution in [3.8, 4) is 0 Å². The molecular weight excluding hydrogens is 280 g/mol. The van der Waals surface area contributed by atoms with Gasteiger partial charge in [-0.25, -0.2) is 4.68 Å². The predicted octanol–water partition coefficient (Wildman–Crippen LogP) is 1.48. The molecule has 1 N–H and O–H groups in total. The van der Waals surface area contributed by atoms with Crippen molar-refractivity contribution < 1.29 is 4.84 Å². The minimum absolute atomic E-state index is 0.691. The molecule has 0 aliphatic rings. The molecule has 1 aromatic carbocycles. The van der Waals surface area contributed by atoms with E-state index in [-0.39, 0.29) is 0 Å². The van der Waals surface area contributed by atoms with Gasteiger partial charge in [0, 0.05) is 27.6 Å². The van der Waals surface area contributed by atoms with E-state index in [1.807, 2.05) is 38.2 Å². The Labute approximate surface area is 131 Å². The average molecular weight is 306 g/mol. The molecular formula is C15H26N6O. The lowest BCUT2D eigenvalue weighted by Gasteiger charge is -2.07. The number of hydrogen-bond acceptors (Lipinski definition) is 6. The number of nitrogens with one attached hydrogen (secondary N) is 1. The van der Waals surface area contributed by atoms with Gasteiger partial charge >= 0.3 is 0 Å². The predicted molar refractivity (Wildman–Crippen MR) is 89.8 cm³/mol. The lowest BCUT2D eigenvalue weighted by molar-refractivity contribution is 0.205. The molecule has 0 amide bonds. The summed E-state index contributed by atoms with van der Waals surface area (Å²) in [5, 5.41) is 7.79. The highest BCUT2D eigenvalue weighted by atomic mass is 16.6. The number of benzene rings is 1. The van der Waals surface area contributed by atoms with Gasteiger partial charge in [-0.05, 0) is 39.2 Å². The second-order valence-corrected chi connectivity index (χ2v) is 5.07. The topological polar surface area (TPSA) is 67.6 Å². The first-order chi connectivity index (χ1) is 10.5. The van der Waals surface area contributed by atoms with Crippen LogP contribution in [0.1, 0.15) is 13.3 Å². The van der Waals surface area contributed by atoms with Crippen molar-refractivity contribution in [3.63, 3.8) is 0 Å². The van der Waals surface area contributed by atoms with E-state index < -0.39 is 0 Å². The van der Waals surface area contributed by atoms with Crippen LogP contribution in [-0.2, 0) is 11.9 Å². The molecule has 0 aliphatic carbocycles. The van der Waals surface area contributed by atoms with Gasteiger partial charge in [0.15, 0.2) is 0 Å². The van der Waals surface area contributed by atoms with Gasteiger partial charge in [0.05, 0.1) is 5.52 Å². The molecule has 0 unspecified atom stereocenters. The number of aryl methyl sites for hydroxylation is 1. The van der Waals surface area contributed by atoms with Crippen LogP contribution in [0.15, 0.2) is 29.3 Å². The van der Waals surface area contributed by atoms with Crippen LogP contribution in [0.3, 0.4) is 0 Å². The van der Waals surface area contributed by atoms with Crippen LogP contribution in [0.5, 0.6) is 0 Å². The van der Waals surface area contributed by atoms with Gasteiger partial charge in [-0.1, -0.05) is 17.3 Å². The first-order valence-corrected chi connectivity index (χ1v) is 7.28. The molecule has 0 radical (unpaired) electrons. The number of para-hydroxylation sites is 1. The van der Waals surface area contributed by atoms with E-state index in [1.165, 1.54) is 0 Å². The molecule has 0 saturated heterocycles. The number of hydroxylamine groups is 1. The fraction of sp³-hybridized carbons (Fsp3) is 0.533. The van der Waals surface area contributed by atoms with Crippen molar-refractivity contribution in [2.45, 2.75) is 13.3 Å². The lowest BCUT2D eigenvalue weighted by Crippen LogP contribution is -2.15. The summed E-state index contributed by atoms with van der Waals surface area (Å²) in [7, 11) is 7.72. The first kappa shape index (κ1) is 18.1. The van der Waals surface area contributed by atoms with Crippen LogP contribution in [-0.4, -0.2) is 60.0 Å². The summed E-state index contributed by atoms with van der Waals surface area (Å²) in [5.74, 6) is 0.691. The molecule has 0 atom stereocenters. The van der Waals surface area contributed by atoms with E-state index in [1.54, 1.807) is 11.7 Å². The van der Waals surface area contributed by atoms with E-state index in [4.69, 9.17) is 4.84 Å². The average Bonchev–Trinajstić information content (AvgIpc) is 2.87. The fourth-order valence-corrected chi connectivity index (χ4v) is 1.79. The van der Waals surface area contributed by atoms with Gasteiger partial charge in [-0.15, -0.1) is 5.10 Å². The molecule has 22 heavy (non-hydrogen) atoms. The number of hydrogen-bond donors (Lipinski definition) is 1. The molecule has 7 heteroatoms. The Morgan fingerprint density at radius 1 is 1.36 bits per heavy atom. The number of rotatable bonds is 5. The Hall–Kier alpha value is -1.99. The SMILES string of the molecule is CNOC(C)=NCCCN(C)C.Cn1nnc2ccccc21. The van der Waals surface area contributed by atoms with Gasteiger partial charge in [-0.2, -0.15) is 5.48 Å². The van der Waals surface area contributed by atoms with Crippen LogP contribution in [0.25, 0.3) is 11.0 Å². The van der Waals surface area contributed by atoms with Gasteiger partial charge in [0.25, 0.3) is 0 Å². The summed E-state index contributed by atoms with van der Waals surface area (Å²) < 4.78 is 1.76. The number of fused-ring (bicyclic) bond motifs is 1. The lowest BCUT2D eigenvalue weighted by atomic mass is 10.3. The molecule has 2 rings (SSSR count). The zero-order valence-electron chi connectivity index (χ0n) is 14.1. The molecule has 0 bridgehead atoms. The maximum atomic E-state index is 4.94. The van der Waals surface area contributed by atoms with Crippen molar-refractivity contribution in [2.24, 2.45) is 12.0 Å². The largest absolute Gasteiger partial charge is 0.394 e. The van der Waals surface area contributed by atoms with Crippen molar-refractivity contribution in [3.05, 3.63) is 24.3 Å². The standard InChI is InChI=1S/C8H19N3O.C7H7N3/c1-8(12-9-2)10-6-5-7-11(3)4;1-10-7-5-3-2-4-6(7)8-9-10/h9H,5-7H2,1-4H3;2-5H,1H3. The zero-order valence-corrected chi connectivity index (χ0v) is 14.1. The molecule has 0 aliphatic heterocycles. The molecule has 1 aromatic heterocycles. The monoisotopic (exact) mass is 306 g/mol. The molecule has 122 valence electrons. The van der Waals surface area contributed by atoms with Crippen molar-refractivity contribution >= 4 is 16.9 Å². The van der Waals surface area contributed by atoms with Crippen LogP contribution < -0.4 is 5.48 Å². The van der Waals surface area contributed by atoms with Crippen LogP contribution >= 0.6 is 0 Å². The third-order valence-corrected chi connectivity index (χ3v) is 2.86. The minimum Gasteiger partial charge on any atom is -0.394 e. The number of aliphatic imine (C=N–C) groups is 1. The summed E-state index contributed by atoms with van der Waals surface area (Å²) in [5.41, 5.74) is 4.60. The summed E-state index contributed by atoms with van der Waals surface area (Å²) in [4.78, 5) is 11.3. The Bertz CT molecular complexity index is 578. The molecule has 1 heterocycles. The number of nitrogens with zero attached hydrogens (tertiary/aromatic N) is 5. The molecule has 0 saturated carbocycles. The molecule has 0 spiro atoms. The van der Waals surface area contributed by atoms with Gasteiger partial charge < -0.3 is 9.74 Å².